The van der Waals surface area contributed by atoms with Crippen LogP contribution in [-0.2, 0) is 14.3 Å². The number of imide groups is 1. The Hall–Kier alpha value is -3.90. The van der Waals surface area contributed by atoms with Crippen molar-refractivity contribution in [2.75, 3.05) is 4.90 Å². The van der Waals surface area contributed by atoms with Gasteiger partial charge < -0.3 is 4.74 Å². The average Bonchev–Trinajstić information content (AvgIpc) is 3.42. The van der Waals surface area contributed by atoms with Gasteiger partial charge in [-0.3, -0.25) is 19.2 Å². The maximum absolute atomic E-state index is 14.0. The molecule has 2 aliphatic heterocycles. The summed E-state index contributed by atoms with van der Waals surface area (Å²) < 4.78 is 6.28. The first kappa shape index (κ1) is 20.7. The summed E-state index contributed by atoms with van der Waals surface area (Å²) in [7, 11) is 0. The van der Waals surface area contributed by atoms with Gasteiger partial charge in [-0.2, -0.15) is 0 Å². The van der Waals surface area contributed by atoms with Gasteiger partial charge in [0.1, 0.15) is 0 Å². The third-order valence-electron chi connectivity index (χ3n) is 7.46. The highest BCUT2D eigenvalue weighted by atomic mass is 16.5. The van der Waals surface area contributed by atoms with Crippen LogP contribution in [0.25, 0.3) is 0 Å². The van der Waals surface area contributed by atoms with E-state index >= 15 is 0 Å². The molecule has 0 radical (unpaired) electrons. The van der Waals surface area contributed by atoms with Gasteiger partial charge in [-0.05, 0) is 36.6 Å². The molecule has 34 heavy (non-hydrogen) atoms. The van der Waals surface area contributed by atoms with E-state index in [9.17, 15) is 19.2 Å². The third-order valence-corrected chi connectivity index (χ3v) is 7.46. The van der Waals surface area contributed by atoms with Crippen molar-refractivity contribution in [2.45, 2.75) is 25.6 Å². The molecule has 6 heteroatoms. The lowest BCUT2D eigenvalue weighted by atomic mass is 9.77. The summed E-state index contributed by atoms with van der Waals surface area (Å²) in [6.07, 6.45) is -0.903. The van der Waals surface area contributed by atoms with E-state index < -0.39 is 46.9 Å². The normalized spacial score (nSPS) is 24.8. The smallest absolute Gasteiger partial charge is 0.241 e. The minimum atomic E-state index is -2.05. The lowest BCUT2D eigenvalue weighted by Gasteiger charge is -2.28. The fourth-order valence-electron chi connectivity index (χ4n) is 5.68. The van der Waals surface area contributed by atoms with Crippen LogP contribution in [0.2, 0.25) is 0 Å². The van der Waals surface area contributed by atoms with Crippen LogP contribution < -0.4 is 4.90 Å². The van der Waals surface area contributed by atoms with Gasteiger partial charge >= 0.3 is 0 Å². The molecule has 1 spiro atoms. The summed E-state index contributed by atoms with van der Waals surface area (Å²) in [5.41, 5.74) is 1.25. The van der Waals surface area contributed by atoms with Crippen molar-refractivity contribution in [2.24, 2.45) is 11.8 Å². The number of carbonyl (C=O) groups excluding carboxylic acids is 4. The van der Waals surface area contributed by atoms with E-state index in [-0.39, 0.29) is 11.1 Å². The highest BCUT2D eigenvalue weighted by Gasteiger charge is 2.74. The van der Waals surface area contributed by atoms with Crippen LogP contribution in [-0.4, -0.2) is 29.0 Å². The number of benzene rings is 3. The number of amides is 2. The van der Waals surface area contributed by atoms with Gasteiger partial charge in [0, 0.05) is 11.1 Å². The Balaban J connectivity index is 1.57. The largest absolute Gasteiger partial charge is 0.349 e. The number of nitrogens with zero attached hydrogens (tertiary/aromatic N) is 1. The Bertz CT molecular complexity index is 1370. The van der Waals surface area contributed by atoms with Crippen molar-refractivity contribution in [3.05, 3.63) is 101 Å². The topological polar surface area (TPSA) is 80.8 Å². The monoisotopic (exact) mass is 451 g/mol. The number of Topliss-reactive ketones (excluding diaryl/α,β-unsaturated/α-hetero) is 2. The zero-order valence-electron chi connectivity index (χ0n) is 18.6. The van der Waals surface area contributed by atoms with Crippen LogP contribution >= 0.6 is 0 Å². The molecule has 2 saturated heterocycles. The number of ketones is 2. The zero-order chi connectivity index (χ0) is 23.8. The molecule has 0 N–H and O–H groups in total. The molecule has 2 fully saturated rings. The van der Waals surface area contributed by atoms with Crippen molar-refractivity contribution in [1.82, 2.24) is 0 Å². The fourth-order valence-corrected chi connectivity index (χ4v) is 5.68. The van der Waals surface area contributed by atoms with Gasteiger partial charge in [-0.15, -0.1) is 0 Å². The first-order valence-electron chi connectivity index (χ1n) is 11.2. The van der Waals surface area contributed by atoms with Crippen molar-refractivity contribution < 1.29 is 23.9 Å². The summed E-state index contributed by atoms with van der Waals surface area (Å²) in [6.45, 7) is 3.75. The first-order chi connectivity index (χ1) is 16.4. The van der Waals surface area contributed by atoms with Gasteiger partial charge in [0.15, 0.2) is 0 Å². The number of hydrogen-bond donors (Lipinski definition) is 0. The van der Waals surface area contributed by atoms with E-state index in [0.717, 1.165) is 16.0 Å². The van der Waals surface area contributed by atoms with E-state index in [1.807, 2.05) is 26.0 Å². The molecule has 6 rings (SSSR count). The van der Waals surface area contributed by atoms with Crippen LogP contribution in [0.3, 0.4) is 0 Å². The second kappa shape index (κ2) is 7.05. The third kappa shape index (κ3) is 2.43. The highest BCUT2D eigenvalue weighted by Crippen LogP contribution is 2.57. The van der Waals surface area contributed by atoms with E-state index in [1.165, 1.54) is 0 Å². The van der Waals surface area contributed by atoms with Crippen LogP contribution in [0.15, 0.2) is 72.8 Å². The van der Waals surface area contributed by atoms with E-state index in [4.69, 9.17) is 4.74 Å². The minimum Gasteiger partial charge on any atom is -0.349 e. The lowest BCUT2D eigenvalue weighted by Crippen LogP contribution is -2.51. The fraction of sp³-hybridized carbons (Fsp3) is 0.214. The number of anilines is 1. The van der Waals surface area contributed by atoms with Crippen LogP contribution in [0.1, 0.15) is 43.5 Å². The standard InChI is InChI=1S/C28H21NO5/c1-15-9-8-14-20(16(15)2)29-26(32)21-22(27(29)33)28(34-23(21)17-10-4-3-5-11-17)24(30)18-12-6-7-13-19(18)25(28)31/h3-14,21-23H,1-2H3/t21-,22-,23-/m0/s1. The molecule has 1 aliphatic carbocycles. The molecule has 2 heterocycles. The Labute approximate surface area is 196 Å². The Morgan fingerprint density at radius 1 is 0.735 bits per heavy atom. The molecular weight excluding hydrogens is 430 g/mol. The molecule has 0 bridgehead atoms. The predicted octanol–water partition coefficient (Wildman–Crippen LogP) is 4.00. The number of ether oxygens (including phenoxy) is 1. The maximum atomic E-state index is 14.0. The average molecular weight is 451 g/mol. The summed E-state index contributed by atoms with van der Waals surface area (Å²) in [6, 6.07) is 20.9. The van der Waals surface area contributed by atoms with Gasteiger partial charge in [0.05, 0.1) is 23.6 Å². The van der Waals surface area contributed by atoms with Crippen LogP contribution in [0.4, 0.5) is 5.69 Å². The molecule has 3 aromatic rings. The molecule has 3 aromatic carbocycles. The van der Waals surface area contributed by atoms with Crippen molar-refractivity contribution in [1.29, 1.82) is 0 Å². The van der Waals surface area contributed by atoms with Crippen LogP contribution in [0.5, 0.6) is 0 Å². The molecule has 168 valence electrons. The summed E-state index contributed by atoms with van der Waals surface area (Å²) in [5, 5.41) is 0. The second-order valence-electron chi connectivity index (χ2n) is 9.12. The van der Waals surface area contributed by atoms with Gasteiger partial charge in [-0.1, -0.05) is 66.7 Å². The summed E-state index contributed by atoms with van der Waals surface area (Å²) in [5.74, 6) is -4.35. The highest BCUT2D eigenvalue weighted by molar-refractivity contribution is 6.37. The second-order valence-corrected chi connectivity index (χ2v) is 9.12. The van der Waals surface area contributed by atoms with Crippen molar-refractivity contribution >= 4 is 29.1 Å². The molecule has 6 nitrogen and oxygen atoms in total. The summed E-state index contributed by atoms with van der Waals surface area (Å²) in [4.78, 5) is 56.5. The van der Waals surface area contributed by atoms with E-state index in [1.54, 1.807) is 60.7 Å². The number of fused-ring (bicyclic) bond motifs is 3. The van der Waals surface area contributed by atoms with E-state index in [2.05, 4.69) is 0 Å². The zero-order valence-corrected chi connectivity index (χ0v) is 18.6. The SMILES string of the molecule is Cc1cccc(N2C(=O)[C@H]3[C@@H](C2=O)C2(O[C@H]3c3ccccc3)C(=O)c3ccccc3C2=O)c1C. The number of hydrogen-bond acceptors (Lipinski definition) is 5. The van der Waals surface area contributed by atoms with E-state index in [0.29, 0.717) is 11.3 Å². The Kier molecular flexibility index (Phi) is 4.29. The van der Waals surface area contributed by atoms with Gasteiger partial charge in [0.2, 0.25) is 29.0 Å². The lowest BCUT2D eigenvalue weighted by molar-refractivity contribution is -0.127. The van der Waals surface area contributed by atoms with Gasteiger partial charge in [0.25, 0.3) is 0 Å². The Morgan fingerprint density at radius 3 is 2.00 bits per heavy atom. The number of aryl methyl sites for hydroxylation is 1. The Morgan fingerprint density at radius 2 is 1.35 bits per heavy atom. The number of carbonyl (C=O) groups is 4. The van der Waals surface area contributed by atoms with Crippen LogP contribution in [0, 0.1) is 25.7 Å². The molecule has 3 aliphatic rings. The summed E-state index contributed by atoms with van der Waals surface area (Å²) >= 11 is 0. The number of rotatable bonds is 2. The predicted molar refractivity (Wildman–Crippen MR) is 123 cm³/mol. The maximum Gasteiger partial charge on any atom is 0.241 e. The molecule has 3 atom stereocenters. The molecular formula is C28H21NO5. The first-order valence-corrected chi connectivity index (χ1v) is 11.2. The quantitative estimate of drug-likeness (QED) is 0.435. The van der Waals surface area contributed by atoms with Crippen molar-refractivity contribution in [3.63, 3.8) is 0 Å². The van der Waals surface area contributed by atoms with Crippen molar-refractivity contribution in [3.8, 4) is 0 Å². The molecule has 0 saturated carbocycles. The van der Waals surface area contributed by atoms with Gasteiger partial charge in [-0.25, -0.2) is 4.90 Å². The molecule has 2 amide bonds. The minimum absolute atomic E-state index is 0.227. The molecule has 0 unspecified atom stereocenters. The molecule has 0 aromatic heterocycles.